The molecule has 1 fully saturated rings. The van der Waals surface area contributed by atoms with Gasteiger partial charge in [0, 0.05) is 19.0 Å². The molecule has 7 nitrogen and oxygen atoms in total. The van der Waals surface area contributed by atoms with Crippen molar-refractivity contribution >= 4 is 27.5 Å². The number of amides is 1. The molecule has 22 heavy (non-hydrogen) atoms. The smallest absolute Gasteiger partial charge is 0.235 e. The summed E-state index contributed by atoms with van der Waals surface area (Å²) in [4.78, 5) is 18.3. The fourth-order valence-electron chi connectivity index (χ4n) is 2.33. The highest BCUT2D eigenvalue weighted by atomic mass is 32.2. The van der Waals surface area contributed by atoms with Crippen molar-refractivity contribution in [3.05, 3.63) is 5.82 Å². The molecule has 0 saturated carbocycles. The van der Waals surface area contributed by atoms with E-state index < -0.39 is 9.84 Å². The summed E-state index contributed by atoms with van der Waals surface area (Å²) in [5, 5.41) is 7.14. The molecule has 0 radical (unpaired) electrons. The minimum atomic E-state index is -3.00. The molecule has 2 heterocycles. The van der Waals surface area contributed by atoms with E-state index in [0.29, 0.717) is 11.6 Å². The van der Waals surface area contributed by atoms with Gasteiger partial charge in [-0.15, -0.1) is 5.10 Å². The van der Waals surface area contributed by atoms with Crippen molar-refractivity contribution in [2.45, 2.75) is 49.6 Å². The van der Waals surface area contributed by atoms with Gasteiger partial charge in [0.25, 0.3) is 0 Å². The van der Waals surface area contributed by atoms with Gasteiger partial charge in [0.05, 0.1) is 16.8 Å². The highest BCUT2D eigenvalue weighted by Gasteiger charge is 2.34. The van der Waals surface area contributed by atoms with Crippen LogP contribution in [0.4, 0.5) is 0 Å². The molecule has 0 aromatic carbocycles. The van der Waals surface area contributed by atoms with Gasteiger partial charge >= 0.3 is 0 Å². The monoisotopic (exact) mass is 346 g/mol. The van der Waals surface area contributed by atoms with E-state index >= 15 is 0 Å². The summed E-state index contributed by atoms with van der Waals surface area (Å²) in [6, 6.07) is -0.223. The quantitative estimate of drug-likeness (QED) is 0.801. The maximum Gasteiger partial charge on any atom is 0.235 e. The normalized spacial score (nSPS) is 22.0. The third kappa shape index (κ3) is 4.01. The van der Waals surface area contributed by atoms with E-state index in [-0.39, 0.29) is 34.6 Å². The summed E-state index contributed by atoms with van der Waals surface area (Å²) in [5.74, 6) is 1.17. The Bertz CT molecular complexity index is 641. The highest BCUT2D eigenvalue weighted by Crippen LogP contribution is 2.24. The summed E-state index contributed by atoms with van der Waals surface area (Å²) in [6.07, 6.45) is 0.514. The summed E-state index contributed by atoms with van der Waals surface area (Å²) >= 11 is 1.28. The summed E-state index contributed by atoms with van der Waals surface area (Å²) in [6.45, 7) is 5.81. The number of nitrogens with one attached hydrogen (secondary N) is 1. The van der Waals surface area contributed by atoms with Crippen molar-refractivity contribution in [3.63, 3.8) is 0 Å². The molecule has 2 rings (SSSR count). The molecule has 1 N–H and O–H groups in total. The van der Waals surface area contributed by atoms with Crippen molar-refractivity contribution in [2.24, 2.45) is 0 Å². The lowest BCUT2D eigenvalue weighted by Crippen LogP contribution is -2.41. The molecule has 2 atom stereocenters. The van der Waals surface area contributed by atoms with E-state index in [2.05, 4.69) is 15.2 Å². The standard InChI is InChI=1S/C13H22N4O3S2/c1-8(2)11-14-13(16-15-11)21-9(3)12(18)17(4)10-5-6-22(19,20)7-10/h8-10H,5-7H2,1-4H3,(H,14,15,16)/t9-,10-/m0/s1. The first kappa shape index (κ1) is 17.3. The van der Waals surface area contributed by atoms with Gasteiger partial charge in [-0.05, 0) is 13.3 Å². The van der Waals surface area contributed by atoms with Crippen molar-refractivity contribution in [2.75, 3.05) is 18.6 Å². The van der Waals surface area contributed by atoms with Crippen LogP contribution in [-0.4, -0.2) is 64.3 Å². The molecule has 1 aromatic heterocycles. The first-order valence-electron chi connectivity index (χ1n) is 7.25. The zero-order chi connectivity index (χ0) is 16.5. The number of hydrogen-bond donors (Lipinski definition) is 1. The van der Waals surface area contributed by atoms with Crippen LogP contribution in [0.25, 0.3) is 0 Å². The summed E-state index contributed by atoms with van der Waals surface area (Å²) in [5.41, 5.74) is 0. The molecule has 124 valence electrons. The zero-order valence-corrected chi connectivity index (χ0v) is 14.9. The summed E-state index contributed by atoms with van der Waals surface area (Å²) in [7, 11) is -1.33. The van der Waals surface area contributed by atoms with E-state index in [1.54, 1.807) is 18.9 Å². The number of carbonyl (C=O) groups excluding carboxylic acids is 1. The van der Waals surface area contributed by atoms with Gasteiger partial charge < -0.3 is 4.90 Å². The van der Waals surface area contributed by atoms with Gasteiger partial charge in [-0.1, -0.05) is 25.6 Å². The van der Waals surface area contributed by atoms with E-state index in [0.717, 1.165) is 5.82 Å². The largest absolute Gasteiger partial charge is 0.341 e. The maximum atomic E-state index is 12.4. The second-order valence-electron chi connectivity index (χ2n) is 5.92. The second kappa shape index (κ2) is 6.57. The number of sulfone groups is 1. The van der Waals surface area contributed by atoms with Crippen LogP contribution in [0, 0.1) is 0 Å². The van der Waals surface area contributed by atoms with Crippen LogP contribution in [-0.2, 0) is 14.6 Å². The Morgan fingerprint density at radius 1 is 1.41 bits per heavy atom. The first-order chi connectivity index (χ1) is 10.2. The first-order valence-corrected chi connectivity index (χ1v) is 9.95. The Kier molecular flexibility index (Phi) is 5.16. The van der Waals surface area contributed by atoms with Crippen LogP contribution in [0.3, 0.4) is 0 Å². The molecule has 0 unspecified atom stereocenters. The maximum absolute atomic E-state index is 12.4. The fraction of sp³-hybridized carbons (Fsp3) is 0.769. The molecule has 0 spiro atoms. The highest BCUT2D eigenvalue weighted by molar-refractivity contribution is 8.00. The topological polar surface area (TPSA) is 96.0 Å². The number of aromatic amines is 1. The Labute approximate surface area is 135 Å². The number of thioether (sulfide) groups is 1. The van der Waals surface area contributed by atoms with Gasteiger partial charge in [0.2, 0.25) is 11.1 Å². The number of aromatic nitrogens is 3. The Morgan fingerprint density at radius 2 is 2.09 bits per heavy atom. The molecule has 1 aromatic rings. The predicted molar refractivity (Wildman–Crippen MR) is 85.6 cm³/mol. The minimum Gasteiger partial charge on any atom is -0.341 e. The van der Waals surface area contributed by atoms with Crippen LogP contribution in [0.15, 0.2) is 5.16 Å². The van der Waals surface area contributed by atoms with Gasteiger partial charge in [-0.25, -0.2) is 13.4 Å². The summed E-state index contributed by atoms with van der Waals surface area (Å²) < 4.78 is 23.1. The number of nitrogens with zero attached hydrogens (tertiary/aromatic N) is 3. The lowest BCUT2D eigenvalue weighted by atomic mass is 10.2. The van der Waals surface area contributed by atoms with Crippen LogP contribution in [0.2, 0.25) is 0 Å². The number of hydrogen-bond acceptors (Lipinski definition) is 6. The number of H-pyrrole nitrogens is 1. The lowest BCUT2D eigenvalue weighted by Gasteiger charge is -2.25. The lowest BCUT2D eigenvalue weighted by molar-refractivity contribution is -0.130. The van der Waals surface area contributed by atoms with E-state index in [4.69, 9.17) is 0 Å². The van der Waals surface area contributed by atoms with Crippen LogP contribution >= 0.6 is 11.8 Å². The Morgan fingerprint density at radius 3 is 2.59 bits per heavy atom. The van der Waals surface area contributed by atoms with Crippen molar-refractivity contribution < 1.29 is 13.2 Å². The Hall–Kier alpha value is -1.09. The van der Waals surface area contributed by atoms with Gasteiger partial charge in [-0.2, -0.15) is 0 Å². The molecule has 0 aliphatic carbocycles. The molecule has 1 saturated heterocycles. The van der Waals surface area contributed by atoms with Crippen molar-refractivity contribution in [3.8, 4) is 0 Å². The SMILES string of the molecule is CC(C)c1nc(S[C@@H](C)C(=O)N(C)[C@H]2CCS(=O)(=O)C2)n[nH]1. The third-order valence-electron chi connectivity index (χ3n) is 3.76. The average molecular weight is 346 g/mol. The second-order valence-corrected chi connectivity index (χ2v) is 9.46. The predicted octanol–water partition coefficient (Wildman–Crippen LogP) is 1.05. The number of carbonyl (C=O) groups is 1. The number of rotatable bonds is 5. The van der Waals surface area contributed by atoms with E-state index in [9.17, 15) is 13.2 Å². The van der Waals surface area contributed by atoms with Crippen molar-refractivity contribution in [1.29, 1.82) is 0 Å². The average Bonchev–Trinajstić information content (AvgIpc) is 3.03. The molecule has 1 amide bonds. The van der Waals surface area contributed by atoms with Gasteiger partial charge in [0.15, 0.2) is 9.84 Å². The minimum absolute atomic E-state index is 0.0603. The van der Waals surface area contributed by atoms with E-state index in [1.165, 1.54) is 11.8 Å². The molecular weight excluding hydrogens is 324 g/mol. The van der Waals surface area contributed by atoms with Gasteiger partial charge in [0.1, 0.15) is 5.82 Å². The van der Waals surface area contributed by atoms with Crippen molar-refractivity contribution in [1.82, 2.24) is 20.1 Å². The van der Waals surface area contributed by atoms with Crippen LogP contribution in [0.5, 0.6) is 0 Å². The molecular formula is C13H22N4O3S2. The van der Waals surface area contributed by atoms with Gasteiger partial charge in [-0.3, -0.25) is 9.89 Å². The Balaban J connectivity index is 1.96. The van der Waals surface area contributed by atoms with Crippen LogP contribution < -0.4 is 0 Å². The van der Waals surface area contributed by atoms with Crippen LogP contribution in [0.1, 0.15) is 38.9 Å². The zero-order valence-electron chi connectivity index (χ0n) is 13.2. The van der Waals surface area contributed by atoms with E-state index in [1.807, 2.05) is 13.8 Å². The third-order valence-corrected chi connectivity index (χ3v) is 6.46. The molecule has 0 bridgehead atoms. The molecule has 1 aliphatic heterocycles. The molecule has 9 heteroatoms. The molecule has 1 aliphatic rings. The fourth-order valence-corrected chi connectivity index (χ4v) is 4.93.